The van der Waals surface area contributed by atoms with Gasteiger partial charge in [-0.3, -0.25) is 4.79 Å². The maximum absolute atomic E-state index is 11.9. The van der Waals surface area contributed by atoms with Gasteiger partial charge < -0.3 is 9.84 Å². The molecule has 2 N–H and O–H groups in total. The second-order valence-electron chi connectivity index (χ2n) is 4.20. The molecule has 1 aromatic carbocycles. The van der Waals surface area contributed by atoms with Crippen LogP contribution in [0.3, 0.4) is 0 Å². The van der Waals surface area contributed by atoms with E-state index in [1.165, 1.54) is 12.1 Å². The van der Waals surface area contributed by atoms with Gasteiger partial charge in [0, 0.05) is 6.54 Å². The number of esters is 1. The lowest BCUT2D eigenvalue weighted by molar-refractivity contribution is -0.142. The summed E-state index contributed by atoms with van der Waals surface area (Å²) in [7, 11) is -3.65. The number of sulfonamides is 1. The first kappa shape index (κ1) is 16.6. The predicted molar refractivity (Wildman–Crippen MR) is 73.5 cm³/mol. The van der Waals surface area contributed by atoms with Crippen LogP contribution < -0.4 is 4.72 Å². The summed E-state index contributed by atoms with van der Waals surface area (Å²) in [5, 5.41) is 9.35. The van der Waals surface area contributed by atoms with Crippen LogP contribution in [0.15, 0.2) is 29.2 Å². The number of aliphatic hydroxyl groups is 1. The normalized spacial score (nSPS) is 12.9. The number of carbonyl (C=O) groups excluding carboxylic acids is 1. The van der Waals surface area contributed by atoms with E-state index in [1.54, 1.807) is 26.0 Å². The molecule has 0 saturated carbocycles. The monoisotopic (exact) mass is 301 g/mol. The summed E-state index contributed by atoms with van der Waals surface area (Å²) in [6.07, 6.45) is -0.665. The average Bonchev–Trinajstić information content (AvgIpc) is 2.39. The molecule has 0 spiro atoms. The fourth-order valence-electron chi connectivity index (χ4n) is 1.53. The summed E-state index contributed by atoms with van der Waals surface area (Å²) in [5.74, 6) is -0.445. The number of nitrogens with one attached hydrogen (secondary N) is 1. The highest BCUT2D eigenvalue weighted by Crippen LogP contribution is 2.15. The number of ether oxygens (including phenoxy) is 1. The van der Waals surface area contributed by atoms with Crippen LogP contribution in [0.2, 0.25) is 0 Å². The van der Waals surface area contributed by atoms with Crippen molar-refractivity contribution in [3.8, 4) is 0 Å². The average molecular weight is 301 g/mol. The van der Waals surface area contributed by atoms with Gasteiger partial charge in [0.15, 0.2) is 0 Å². The Balaban J connectivity index is 2.62. The van der Waals surface area contributed by atoms with E-state index in [2.05, 4.69) is 4.72 Å². The van der Waals surface area contributed by atoms with Crippen LogP contribution >= 0.6 is 0 Å². The highest BCUT2D eigenvalue weighted by Gasteiger charge is 2.14. The van der Waals surface area contributed by atoms with Gasteiger partial charge in [0.05, 0.1) is 24.0 Å². The summed E-state index contributed by atoms with van der Waals surface area (Å²) in [6.45, 7) is 3.54. The number of aliphatic hydroxyl groups excluding tert-OH is 1. The molecule has 0 aromatic heterocycles. The molecule has 0 aliphatic carbocycles. The van der Waals surface area contributed by atoms with Gasteiger partial charge in [0.25, 0.3) is 0 Å². The van der Waals surface area contributed by atoms with E-state index in [1.807, 2.05) is 0 Å². The van der Waals surface area contributed by atoms with Crippen molar-refractivity contribution in [2.45, 2.75) is 31.3 Å². The van der Waals surface area contributed by atoms with Crippen LogP contribution in [-0.4, -0.2) is 32.6 Å². The zero-order valence-corrected chi connectivity index (χ0v) is 12.3. The molecule has 112 valence electrons. The van der Waals surface area contributed by atoms with Gasteiger partial charge in [0.1, 0.15) is 0 Å². The standard InChI is InChI=1S/C13H19NO5S/c1-3-19-13(16)8-9-14-20(17,18)12-6-4-11(5-7-12)10(2)15/h4-7,10,14-15H,3,8-9H2,1-2H3. The van der Waals surface area contributed by atoms with Crippen molar-refractivity contribution < 1.29 is 23.1 Å². The smallest absolute Gasteiger partial charge is 0.307 e. The third-order valence-electron chi connectivity index (χ3n) is 2.60. The van der Waals surface area contributed by atoms with E-state index in [0.717, 1.165) is 0 Å². The third kappa shape index (κ3) is 4.92. The largest absolute Gasteiger partial charge is 0.466 e. The maximum Gasteiger partial charge on any atom is 0.307 e. The Morgan fingerprint density at radius 1 is 1.35 bits per heavy atom. The molecule has 0 saturated heterocycles. The molecule has 6 nitrogen and oxygen atoms in total. The maximum atomic E-state index is 11.9. The van der Waals surface area contributed by atoms with Crippen LogP contribution in [0.5, 0.6) is 0 Å². The zero-order chi connectivity index (χ0) is 15.2. The second-order valence-corrected chi connectivity index (χ2v) is 5.96. The minimum absolute atomic E-state index is 0.0146. The lowest BCUT2D eigenvalue weighted by Crippen LogP contribution is -2.26. The topological polar surface area (TPSA) is 92.7 Å². The van der Waals surface area contributed by atoms with E-state index < -0.39 is 22.1 Å². The number of carbonyl (C=O) groups is 1. The first-order valence-electron chi connectivity index (χ1n) is 6.30. The van der Waals surface area contributed by atoms with E-state index in [-0.39, 0.29) is 24.5 Å². The number of hydrogen-bond donors (Lipinski definition) is 2. The van der Waals surface area contributed by atoms with E-state index in [9.17, 15) is 18.3 Å². The summed E-state index contributed by atoms with van der Waals surface area (Å²) in [4.78, 5) is 11.2. The second kappa shape index (κ2) is 7.37. The molecule has 7 heteroatoms. The highest BCUT2D eigenvalue weighted by atomic mass is 32.2. The molecule has 0 aliphatic rings. The van der Waals surface area contributed by atoms with Crippen LogP contribution in [0, 0.1) is 0 Å². The Hall–Kier alpha value is -1.44. The SMILES string of the molecule is CCOC(=O)CCNS(=O)(=O)c1ccc(C(C)O)cc1. The lowest BCUT2D eigenvalue weighted by Gasteiger charge is -2.08. The van der Waals surface area contributed by atoms with Crippen molar-refractivity contribution in [2.75, 3.05) is 13.2 Å². The molecule has 0 aliphatic heterocycles. The molecule has 0 bridgehead atoms. The molecular formula is C13H19NO5S. The lowest BCUT2D eigenvalue weighted by atomic mass is 10.1. The number of benzene rings is 1. The van der Waals surface area contributed by atoms with Gasteiger partial charge in [0.2, 0.25) is 10.0 Å². The van der Waals surface area contributed by atoms with Crippen molar-refractivity contribution in [3.63, 3.8) is 0 Å². The van der Waals surface area contributed by atoms with E-state index in [0.29, 0.717) is 5.56 Å². The minimum atomic E-state index is -3.65. The molecule has 0 amide bonds. The Kier molecular flexibility index (Phi) is 6.12. The van der Waals surface area contributed by atoms with Crippen molar-refractivity contribution in [1.29, 1.82) is 0 Å². The highest BCUT2D eigenvalue weighted by molar-refractivity contribution is 7.89. The van der Waals surface area contributed by atoms with Gasteiger partial charge in [-0.05, 0) is 31.5 Å². The molecule has 20 heavy (non-hydrogen) atoms. The van der Waals surface area contributed by atoms with Gasteiger partial charge in [-0.25, -0.2) is 13.1 Å². The Morgan fingerprint density at radius 2 is 1.95 bits per heavy atom. The van der Waals surface area contributed by atoms with Crippen molar-refractivity contribution in [1.82, 2.24) is 4.72 Å². The molecule has 1 atom stereocenters. The Labute approximate surface area is 118 Å². The third-order valence-corrected chi connectivity index (χ3v) is 4.08. The van der Waals surface area contributed by atoms with E-state index in [4.69, 9.17) is 4.74 Å². The van der Waals surface area contributed by atoms with Crippen molar-refractivity contribution >= 4 is 16.0 Å². The fraction of sp³-hybridized carbons (Fsp3) is 0.462. The quantitative estimate of drug-likeness (QED) is 0.732. The number of hydrogen-bond acceptors (Lipinski definition) is 5. The molecule has 0 fully saturated rings. The summed E-state index contributed by atoms with van der Waals surface area (Å²) < 4.78 is 30.9. The summed E-state index contributed by atoms with van der Waals surface area (Å²) in [6, 6.07) is 5.92. The zero-order valence-electron chi connectivity index (χ0n) is 11.5. The Morgan fingerprint density at radius 3 is 2.45 bits per heavy atom. The Bertz CT molecular complexity index is 536. The van der Waals surface area contributed by atoms with Crippen LogP contribution in [0.25, 0.3) is 0 Å². The molecule has 1 unspecified atom stereocenters. The van der Waals surface area contributed by atoms with Gasteiger partial charge in [-0.1, -0.05) is 12.1 Å². The summed E-state index contributed by atoms with van der Waals surface area (Å²) in [5.41, 5.74) is 0.635. The first-order valence-corrected chi connectivity index (χ1v) is 7.78. The fourth-order valence-corrected chi connectivity index (χ4v) is 2.56. The molecule has 0 heterocycles. The molecule has 1 rings (SSSR count). The minimum Gasteiger partial charge on any atom is -0.466 e. The van der Waals surface area contributed by atoms with E-state index >= 15 is 0 Å². The van der Waals surface area contributed by atoms with Crippen LogP contribution in [0.1, 0.15) is 31.9 Å². The van der Waals surface area contributed by atoms with Crippen molar-refractivity contribution in [2.24, 2.45) is 0 Å². The summed E-state index contributed by atoms with van der Waals surface area (Å²) >= 11 is 0. The molecular weight excluding hydrogens is 282 g/mol. The first-order chi connectivity index (χ1) is 9.36. The van der Waals surface area contributed by atoms with Crippen LogP contribution in [-0.2, 0) is 19.6 Å². The van der Waals surface area contributed by atoms with Gasteiger partial charge in [-0.15, -0.1) is 0 Å². The van der Waals surface area contributed by atoms with Gasteiger partial charge >= 0.3 is 5.97 Å². The molecule has 0 radical (unpaired) electrons. The predicted octanol–water partition coefficient (Wildman–Crippen LogP) is 0.971. The molecule has 1 aromatic rings. The van der Waals surface area contributed by atoms with Crippen LogP contribution in [0.4, 0.5) is 0 Å². The number of rotatable bonds is 7. The van der Waals surface area contributed by atoms with Gasteiger partial charge in [-0.2, -0.15) is 0 Å². The van der Waals surface area contributed by atoms with Crippen molar-refractivity contribution in [3.05, 3.63) is 29.8 Å².